The van der Waals surface area contributed by atoms with Crippen molar-refractivity contribution in [1.29, 1.82) is 0 Å². The maximum atomic E-state index is 12.3. The molecule has 0 unspecified atom stereocenters. The van der Waals surface area contributed by atoms with E-state index in [-0.39, 0.29) is 10.6 Å². The summed E-state index contributed by atoms with van der Waals surface area (Å²) in [6.07, 6.45) is 0. The minimum Gasteiger partial charge on any atom is -0.398 e. The summed E-state index contributed by atoms with van der Waals surface area (Å²) in [5.74, 6) is 0. The van der Waals surface area contributed by atoms with Crippen molar-refractivity contribution in [1.82, 2.24) is 0 Å². The zero-order chi connectivity index (χ0) is 14.9. The van der Waals surface area contributed by atoms with Gasteiger partial charge in [-0.25, -0.2) is 8.42 Å². The van der Waals surface area contributed by atoms with Crippen molar-refractivity contribution < 1.29 is 8.42 Å². The van der Waals surface area contributed by atoms with Gasteiger partial charge < -0.3 is 5.73 Å². The van der Waals surface area contributed by atoms with E-state index in [1.165, 1.54) is 6.07 Å². The average molecular weight is 420 g/mol. The monoisotopic (exact) mass is 418 g/mol. The molecular formula is C13H12Br2N2O2S. The maximum Gasteiger partial charge on any atom is 0.263 e. The fourth-order valence-electron chi connectivity index (χ4n) is 1.61. The Hall–Kier alpha value is -1.05. The molecule has 2 aromatic rings. The highest BCUT2D eigenvalue weighted by atomic mass is 79.9. The van der Waals surface area contributed by atoms with Crippen LogP contribution in [0.5, 0.6) is 0 Å². The molecule has 0 atom stereocenters. The minimum atomic E-state index is -3.72. The topological polar surface area (TPSA) is 72.2 Å². The lowest BCUT2D eigenvalue weighted by molar-refractivity contribution is 0.601. The van der Waals surface area contributed by atoms with Gasteiger partial charge in [0, 0.05) is 14.6 Å². The Labute approximate surface area is 134 Å². The van der Waals surface area contributed by atoms with E-state index in [0.29, 0.717) is 10.2 Å². The summed E-state index contributed by atoms with van der Waals surface area (Å²) in [4.78, 5) is 0.0450. The van der Waals surface area contributed by atoms with Gasteiger partial charge in [0.05, 0.1) is 5.69 Å². The molecule has 2 rings (SSSR count). The minimum absolute atomic E-state index is 0.0450. The van der Waals surface area contributed by atoms with Crippen molar-refractivity contribution in [3.63, 3.8) is 0 Å². The zero-order valence-electron chi connectivity index (χ0n) is 10.5. The van der Waals surface area contributed by atoms with Crippen LogP contribution in [0.3, 0.4) is 0 Å². The Morgan fingerprint density at radius 3 is 2.45 bits per heavy atom. The molecule has 0 radical (unpaired) electrons. The van der Waals surface area contributed by atoms with Crippen LogP contribution in [0.15, 0.2) is 50.2 Å². The largest absolute Gasteiger partial charge is 0.398 e. The predicted molar refractivity (Wildman–Crippen MR) is 88.2 cm³/mol. The number of nitrogens with one attached hydrogen (secondary N) is 1. The molecule has 0 saturated carbocycles. The van der Waals surface area contributed by atoms with E-state index >= 15 is 0 Å². The van der Waals surface area contributed by atoms with Gasteiger partial charge in [-0.05, 0) is 42.8 Å². The number of sulfonamides is 1. The van der Waals surface area contributed by atoms with Gasteiger partial charge in [-0.15, -0.1) is 0 Å². The molecule has 7 heteroatoms. The molecule has 0 aliphatic rings. The second kappa shape index (κ2) is 5.75. The van der Waals surface area contributed by atoms with Crippen LogP contribution in [-0.2, 0) is 10.0 Å². The molecule has 0 aromatic heterocycles. The van der Waals surface area contributed by atoms with Crippen LogP contribution in [0.25, 0.3) is 0 Å². The first-order valence-corrected chi connectivity index (χ1v) is 8.70. The Morgan fingerprint density at radius 1 is 1.10 bits per heavy atom. The van der Waals surface area contributed by atoms with E-state index in [9.17, 15) is 8.42 Å². The van der Waals surface area contributed by atoms with E-state index in [1.807, 2.05) is 13.0 Å². The molecule has 0 heterocycles. The van der Waals surface area contributed by atoms with Gasteiger partial charge in [0.15, 0.2) is 0 Å². The fourth-order valence-corrected chi connectivity index (χ4v) is 3.71. The summed E-state index contributed by atoms with van der Waals surface area (Å²) in [7, 11) is -3.72. The number of benzene rings is 2. The van der Waals surface area contributed by atoms with E-state index in [4.69, 9.17) is 5.73 Å². The van der Waals surface area contributed by atoms with Crippen LogP contribution in [0.1, 0.15) is 5.56 Å². The molecule has 0 bridgehead atoms. The first-order chi connectivity index (χ1) is 9.29. The molecule has 0 fully saturated rings. The summed E-state index contributed by atoms with van der Waals surface area (Å²) >= 11 is 6.61. The summed E-state index contributed by atoms with van der Waals surface area (Å²) in [6.45, 7) is 1.93. The summed E-state index contributed by atoms with van der Waals surface area (Å²) in [5, 5.41) is 0. The Bertz CT molecular complexity index is 761. The van der Waals surface area contributed by atoms with Crippen molar-refractivity contribution in [2.45, 2.75) is 11.8 Å². The number of halogens is 2. The van der Waals surface area contributed by atoms with Crippen molar-refractivity contribution in [2.75, 3.05) is 10.5 Å². The maximum absolute atomic E-state index is 12.3. The van der Waals surface area contributed by atoms with Crippen molar-refractivity contribution in [2.24, 2.45) is 0 Å². The molecule has 0 saturated heterocycles. The molecule has 0 aliphatic carbocycles. The molecule has 0 spiro atoms. The second-order valence-electron chi connectivity index (χ2n) is 4.25. The van der Waals surface area contributed by atoms with E-state index in [0.717, 1.165) is 10.0 Å². The average Bonchev–Trinajstić information content (AvgIpc) is 2.36. The van der Waals surface area contributed by atoms with Gasteiger partial charge >= 0.3 is 0 Å². The van der Waals surface area contributed by atoms with Crippen LogP contribution in [0, 0.1) is 6.92 Å². The first kappa shape index (κ1) is 15.3. The number of aryl methyl sites for hydroxylation is 1. The molecular weight excluding hydrogens is 408 g/mol. The van der Waals surface area contributed by atoms with Gasteiger partial charge in [0.25, 0.3) is 10.0 Å². The van der Waals surface area contributed by atoms with Crippen LogP contribution in [0.4, 0.5) is 11.4 Å². The molecule has 0 aliphatic heterocycles. The lowest BCUT2D eigenvalue weighted by atomic mass is 10.2. The fraction of sp³-hybridized carbons (Fsp3) is 0.0769. The van der Waals surface area contributed by atoms with E-state index in [1.54, 1.807) is 24.3 Å². The lowest BCUT2D eigenvalue weighted by Crippen LogP contribution is -2.14. The third-order valence-corrected chi connectivity index (χ3v) is 5.47. The van der Waals surface area contributed by atoms with Crippen molar-refractivity contribution in [3.05, 3.63) is 50.9 Å². The highest BCUT2D eigenvalue weighted by Crippen LogP contribution is 2.27. The Morgan fingerprint density at radius 2 is 1.80 bits per heavy atom. The quantitative estimate of drug-likeness (QED) is 0.741. The molecule has 3 N–H and O–H groups in total. The molecule has 0 amide bonds. The van der Waals surface area contributed by atoms with Gasteiger partial charge in [0.2, 0.25) is 0 Å². The van der Waals surface area contributed by atoms with Crippen LogP contribution in [0.2, 0.25) is 0 Å². The number of hydrogen-bond donors (Lipinski definition) is 2. The lowest BCUT2D eigenvalue weighted by Gasteiger charge is -2.11. The van der Waals surface area contributed by atoms with Crippen molar-refractivity contribution in [3.8, 4) is 0 Å². The van der Waals surface area contributed by atoms with Crippen LogP contribution >= 0.6 is 31.9 Å². The number of anilines is 2. The third kappa shape index (κ3) is 3.34. The molecule has 4 nitrogen and oxygen atoms in total. The first-order valence-electron chi connectivity index (χ1n) is 5.63. The summed E-state index contributed by atoms with van der Waals surface area (Å²) in [6, 6.07) is 9.94. The van der Waals surface area contributed by atoms with Gasteiger partial charge in [-0.3, -0.25) is 4.72 Å². The van der Waals surface area contributed by atoms with E-state index < -0.39 is 10.0 Å². The number of rotatable bonds is 3. The van der Waals surface area contributed by atoms with Gasteiger partial charge in [0.1, 0.15) is 4.90 Å². The number of nitrogen functional groups attached to an aromatic ring is 1. The smallest absolute Gasteiger partial charge is 0.263 e. The highest BCUT2D eigenvalue weighted by Gasteiger charge is 2.18. The van der Waals surface area contributed by atoms with Crippen LogP contribution < -0.4 is 10.5 Å². The van der Waals surface area contributed by atoms with Crippen molar-refractivity contribution >= 4 is 53.3 Å². The standard InChI is InChI=1S/C13H12Br2N2O2S/c1-8-2-4-10(7-11(8)15)17-20(18,19)13-6-9(14)3-5-12(13)16/h2-7,17H,16H2,1H3. The molecule has 106 valence electrons. The number of nitrogens with two attached hydrogens (primary N) is 1. The third-order valence-electron chi connectivity index (χ3n) is 2.69. The summed E-state index contributed by atoms with van der Waals surface area (Å²) in [5.41, 5.74) is 7.43. The van der Waals surface area contributed by atoms with Crippen LogP contribution in [-0.4, -0.2) is 8.42 Å². The predicted octanol–water partition coefficient (Wildman–Crippen LogP) is 3.90. The molecule has 20 heavy (non-hydrogen) atoms. The van der Waals surface area contributed by atoms with E-state index in [2.05, 4.69) is 36.6 Å². The number of hydrogen-bond acceptors (Lipinski definition) is 3. The highest BCUT2D eigenvalue weighted by molar-refractivity contribution is 9.10. The zero-order valence-corrected chi connectivity index (χ0v) is 14.5. The summed E-state index contributed by atoms with van der Waals surface area (Å²) < 4.78 is 28.7. The van der Waals surface area contributed by atoms with Gasteiger partial charge in [-0.1, -0.05) is 37.9 Å². The van der Waals surface area contributed by atoms with Gasteiger partial charge in [-0.2, -0.15) is 0 Å². The molecule has 2 aromatic carbocycles. The Balaban J connectivity index is 2.40. The normalized spacial score (nSPS) is 11.3. The SMILES string of the molecule is Cc1ccc(NS(=O)(=O)c2cc(Br)ccc2N)cc1Br. The second-order valence-corrected chi connectivity index (χ2v) is 7.67. The Kier molecular flexibility index (Phi) is 4.41.